The summed E-state index contributed by atoms with van der Waals surface area (Å²) in [6, 6.07) is 5.88. The Balaban J connectivity index is 2.33. The lowest BCUT2D eigenvalue weighted by Gasteiger charge is -2.30. The molecule has 0 radical (unpaired) electrons. The molecule has 0 spiro atoms. The lowest BCUT2D eigenvalue weighted by Crippen LogP contribution is -2.49. The van der Waals surface area contributed by atoms with E-state index < -0.39 is 16.1 Å². The first-order chi connectivity index (χ1) is 9.82. The Labute approximate surface area is 130 Å². The Morgan fingerprint density at radius 2 is 1.95 bits per heavy atom. The van der Waals surface area contributed by atoms with E-state index in [2.05, 4.69) is 5.32 Å². The fourth-order valence-corrected chi connectivity index (χ4v) is 3.51. The van der Waals surface area contributed by atoms with Crippen LogP contribution in [0.2, 0.25) is 5.02 Å². The number of carbonyl (C=O) groups is 1. The van der Waals surface area contributed by atoms with Gasteiger partial charge in [-0.1, -0.05) is 18.5 Å². The number of benzene rings is 1. The van der Waals surface area contributed by atoms with Gasteiger partial charge in [0.1, 0.15) is 6.04 Å². The van der Waals surface area contributed by atoms with E-state index in [1.165, 1.54) is 4.31 Å². The number of carbonyl (C=O) groups excluding carboxylic acids is 1. The Kier molecular flexibility index (Phi) is 4.78. The minimum atomic E-state index is -3.57. The molecule has 1 N–H and O–H groups in total. The van der Waals surface area contributed by atoms with Gasteiger partial charge in [-0.3, -0.25) is 9.10 Å². The van der Waals surface area contributed by atoms with Crippen molar-refractivity contribution < 1.29 is 13.2 Å². The van der Waals surface area contributed by atoms with Crippen LogP contribution in [0.25, 0.3) is 0 Å². The summed E-state index contributed by atoms with van der Waals surface area (Å²) in [7, 11) is -3.57. The van der Waals surface area contributed by atoms with Gasteiger partial charge in [0, 0.05) is 11.1 Å². The quantitative estimate of drug-likeness (QED) is 0.869. The van der Waals surface area contributed by atoms with E-state index >= 15 is 0 Å². The zero-order chi connectivity index (χ0) is 15.6. The molecular weight excluding hydrogens is 312 g/mol. The predicted octanol–water partition coefficient (Wildman–Crippen LogP) is 2.16. The van der Waals surface area contributed by atoms with Crippen molar-refractivity contribution in [2.75, 3.05) is 10.6 Å². The maximum Gasteiger partial charge on any atom is 0.244 e. The second-order valence-corrected chi connectivity index (χ2v) is 7.54. The first kappa shape index (κ1) is 16.1. The third-order valence-electron chi connectivity index (χ3n) is 3.33. The van der Waals surface area contributed by atoms with Gasteiger partial charge >= 0.3 is 0 Å². The van der Waals surface area contributed by atoms with Crippen LogP contribution in [-0.2, 0) is 14.8 Å². The molecule has 5 nitrogen and oxygen atoms in total. The molecular formula is C14H19ClN2O3S. The van der Waals surface area contributed by atoms with Crippen LogP contribution in [0.5, 0.6) is 0 Å². The highest BCUT2D eigenvalue weighted by molar-refractivity contribution is 7.92. The third kappa shape index (κ3) is 4.11. The van der Waals surface area contributed by atoms with Crippen LogP contribution in [0.4, 0.5) is 5.69 Å². The van der Waals surface area contributed by atoms with Crippen LogP contribution >= 0.6 is 11.6 Å². The number of nitrogens with zero attached hydrogens (tertiary/aromatic N) is 1. The van der Waals surface area contributed by atoms with Gasteiger partial charge in [-0.05, 0) is 43.5 Å². The van der Waals surface area contributed by atoms with E-state index in [-0.39, 0.29) is 11.9 Å². The minimum Gasteiger partial charge on any atom is -0.352 e. The molecule has 21 heavy (non-hydrogen) atoms. The summed E-state index contributed by atoms with van der Waals surface area (Å²) in [6.45, 7) is 1.80. The van der Waals surface area contributed by atoms with Gasteiger partial charge in [-0.25, -0.2) is 8.42 Å². The molecule has 1 aliphatic carbocycles. The first-order valence-corrected chi connectivity index (χ1v) is 9.11. The molecule has 0 aliphatic heterocycles. The molecule has 1 aromatic rings. The fraction of sp³-hybridized carbons (Fsp3) is 0.500. The highest BCUT2D eigenvalue weighted by Crippen LogP contribution is 2.25. The lowest BCUT2D eigenvalue weighted by atomic mass is 10.2. The van der Waals surface area contributed by atoms with Crippen molar-refractivity contribution in [2.45, 2.75) is 38.3 Å². The largest absolute Gasteiger partial charge is 0.352 e. The topological polar surface area (TPSA) is 66.5 Å². The third-order valence-corrected chi connectivity index (χ3v) is 4.77. The molecule has 1 fully saturated rings. The normalized spacial score (nSPS) is 16.3. The number of sulfonamides is 1. The number of nitrogens with one attached hydrogen (secondary N) is 1. The molecule has 0 saturated heterocycles. The molecule has 0 bridgehead atoms. The first-order valence-electron chi connectivity index (χ1n) is 6.88. The van der Waals surface area contributed by atoms with Crippen LogP contribution in [0.3, 0.4) is 0 Å². The number of hydrogen-bond acceptors (Lipinski definition) is 3. The summed E-state index contributed by atoms with van der Waals surface area (Å²) < 4.78 is 25.4. The average Bonchev–Trinajstić information content (AvgIpc) is 3.19. The van der Waals surface area contributed by atoms with Gasteiger partial charge in [0.05, 0.1) is 11.9 Å². The molecule has 1 atom stereocenters. The summed E-state index contributed by atoms with van der Waals surface area (Å²) in [5, 5.41) is 3.38. The van der Waals surface area contributed by atoms with Crippen molar-refractivity contribution in [2.24, 2.45) is 0 Å². The van der Waals surface area contributed by atoms with Crippen LogP contribution < -0.4 is 9.62 Å². The molecule has 0 heterocycles. The molecule has 1 amide bonds. The fourth-order valence-electron chi connectivity index (χ4n) is 2.17. The van der Waals surface area contributed by atoms with Crippen LogP contribution in [0.1, 0.15) is 26.2 Å². The van der Waals surface area contributed by atoms with E-state index in [1.807, 2.05) is 0 Å². The number of hydrogen-bond donors (Lipinski definition) is 1. The molecule has 1 aromatic carbocycles. The lowest BCUT2D eigenvalue weighted by molar-refractivity contribution is -0.122. The van der Waals surface area contributed by atoms with Crippen molar-refractivity contribution >= 4 is 33.2 Å². The van der Waals surface area contributed by atoms with Crippen molar-refractivity contribution in [3.05, 3.63) is 29.3 Å². The number of anilines is 1. The van der Waals surface area contributed by atoms with E-state index in [1.54, 1.807) is 31.2 Å². The van der Waals surface area contributed by atoms with Crippen molar-refractivity contribution in [3.8, 4) is 0 Å². The van der Waals surface area contributed by atoms with Gasteiger partial charge in [0.15, 0.2) is 0 Å². The molecule has 1 aliphatic rings. The molecule has 0 unspecified atom stereocenters. The van der Waals surface area contributed by atoms with Crippen molar-refractivity contribution in [1.29, 1.82) is 0 Å². The maximum absolute atomic E-state index is 12.3. The maximum atomic E-state index is 12.3. The second-order valence-electron chi connectivity index (χ2n) is 5.24. The van der Waals surface area contributed by atoms with Gasteiger partial charge < -0.3 is 5.32 Å². The Hall–Kier alpha value is -1.27. The van der Waals surface area contributed by atoms with E-state index in [4.69, 9.17) is 11.6 Å². The summed E-state index contributed by atoms with van der Waals surface area (Å²) in [5.41, 5.74) is 0.444. The van der Waals surface area contributed by atoms with Crippen LogP contribution in [0.15, 0.2) is 24.3 Å². The zero-order valence-corrected chi connectivity index (χ0v) is 13.6. The van der Waals surface area contributed by atoms with Crippen LogP contribution in [0, 0.1) is 0 Å². The Bertz CT molecular complexity index is 612. The SMILES string of the molecule is CC[C@@H](C(=O)NC1CC1)N(c1ccc(Cl)cc1)S(C)(=O)=O. The minimum absolute atomic E-state index is 0.193. The van der Waals surface area contributed by atoms with Gasteiger partial charge in [0.25, 0.3) is 0 Å². The average molecular weight is 331 g/mol. The van der Waals surface area contributed by atoms with Crippen molar-refractivity contribution in [3.63, 3.8) is 0 Å². The van der Waals surface area contributed by atoms with Gasteiger partial charge in [0.2, 0.25) is 15.9 Å². The highest BCUT2D eigenvalue weighted by atomic mass is 35.5. The molecule has 2 rings (SSSR count). The monoisotopic (exact) mass is 330 g/mol. The smallest absolute Gasteiger partial charge is 0.244 e. The Morgan fingerprint density at radius 3 is 2.38 bits per heavy atom. The van der Waals surface area contributed by atoms with Gasteiger partial charge in [-0.15, -0.1) is 0 Å². The molecule has 7 heteroatoms. The number of halogens is 1. The summed E-state index contributed by atoms with van der Waals surface area (Å²) in [5.74, 6) is -0.250. The molecule has 116 valence electrons. The second kappa shape index (κ2) is 6.23. The van der Waals surface area contributed by atoms with Gasteiger partial charge in [-0.2, -0.15) is 0 Å². The number of amides is 1. The van der Waals surface area contributed by atoms with E-state index in [0.717, 1.165) is 19.1 Å². The van der Waals surface area contributed by atoms with E-state index in [9.17, 15) is 13.2 Å². The molecule has 0 aromatic heterocycles. The zero-order valence-electron chi connectivity index (χ0n) is 12.0. The standard InChI is InChI=1S/C14H19ClN2O3S/c1-3-13(14(18)16-11-6-7-11)17(21(2,19)20)12-8-4-10(15)5-9-12/h4-5,8-9,11,13H,3,6-7H2,1-2H3,(H,16,18)/t13-/m0/s1. The van der Waals surface area contributed by atoms with Crippen LogP contribution in [-0.4, -0.2) is 32.7 Å². The van der Waals surface area contributed by atoms with Crippen molar-refractivity contribution in [1.82, 2.24) is 5.32 Å². The summed E-state index contributed by atoms with van der Waals surface area (Å²) >= 11 is 5.84. The highest BCUT2D eigenvalue weighted by Gasteiger charge is 2.34. The van der Waals surface area contributed by atoms with E-state index in [0.29, 0.717) is 17.1 Å². The predicted molar refractivity (Wildman–Crippen MR) is 84.0 cm³/mol. The Morgan fingerprint density at radius 1 is 1.38 bits per heavy atom. The summed E-state index contributed by atoms with van der Waals surface area (Å²) in [6.07, 6.45) is 3.42. The molecule has 1 saturated carbocycles. The number of rotatable bonds is 6. The summed E-state index contributed by atoms with van der Waals surface area (Å²) in [4.78, 5) is 12.3.